The summed E-state index contributed by atoms with van der Waals surface area (Å²) < 4.78 is 14.2. The highest BCUT2D eigenvalue weighted by atomic mass is 32.2. The Balaban J connectivity index is 1.32. The summed E-state index contributed by atoms with van der Waals surface area (Å²) in [7, 11) is 1.96. The number of hydrogen-bond donors (Lipinski definition) is 2. The highest BCUT2D eigenvalue weighted by Gasteiger charge is 2.24. The van der Waals surface area contributed by atoms with Gasteiger partial charge in [0.1, 0.15) is 11.9 Å². The van der Waals surface area contributed by atoms with Crippen LogP contribution in [-0.2, 0) is 22.7 Å². The van der Waals surface area contributed by atoms with Crippen molar-refractivity contribution in [2.75, 3.05) is 23.5 Å². The fourth-order valence-electron chi connectivity index (χ4n) is 3.15. The van der Waals surface area contributed by atoms with Crippen LogP contribution < -0.4 is 15.5 Å². The average Bonchev–Trinajstić information content (AvgIpc) is 3.16. The van der Waals surface area contributed by atoms with E-state index in [9.17, 15) is 14.0 Å². The first kappa shape index (κ1) is 20.6. The first-order chi connectivity index (χ1) is 14.5. The number of nitrogens with one attached hydrogen (secondary N) is 2. The SMILES string of the molecule is CN(Cc1ccc(CNC(=O)[C@@H]2CSCC(=O)N2)cc1)c1nc2ccc(F)cc2s1. The number of amides is 2. The van der Waals surface area contributed by atoms with E-state index in [1.165, 1.54) is 35.2 Å². The van der Waals surface area contributed by atoms with Crippen molar-refractivity contribution in [3.8, 4) is 0 Å². The molecule has 1 aliphatic rings. The van der Waals surface area contributed by atoms with E-state index in [4.69, 9.17) is 0 Å². The molecule has 1 atom stereocenters. The minimum atomic E-state index is -0.466. The van der Waals surface area contributed by atoms with E-state index < -0.39 is 6.04 Å². The van der Waals surface area contributed by atoms with E-state index in [1.807, 2.05) is 36.2 Å². The van der Waals surface area contributed by atoms with Crippen LogP contribution in [0.3, 0.4) is 0 Å². The molecule has 2 heterocycles. The van der Waals surface area contributed by atoms with Gasteiger partial charge in [0.15, 0.2) is 5.13 Å². The normalized spacial score (nSPS) is 16.3. The highest BCUT2D eigenvalue weighted by Crippen LogP contribution is 2.29. The lowest BCUT2D eigenvalue weighted by molar-refractivity contribution is -0.127. The van der Waals surface area contributed by atoms with E-state index in [1.54, 1.807) is 6.07 Å². The maximum absolute atomic E-state index is 13.4. The zero-order valence-corrected chi connectivity index (χ0v) is 18.0. The van der Waals surface area contributed by atoms with Crippen LogP contribution in [0.1, 0.15) is 11.1 Å². The topological polar surface area (TPSA) is 74.3 Å². The van der Waals surface area contributed by atoms with Gasteiger partial charge in [-0.2, -0.15) is 0 Å². The third kappa shape index (κ3) is 4.91. The molecule has 30 heavy (non-hydrogen) atoms. The maximum Gasteiger partial charge on any atom is 0.243 e. The molecule has 9 heteroatoms. The Morgan fingerprint density at radius 1 is 1.27 bits per heavy atom. The molecule has 0 aliphatic carbocycles. The minimum Gasteiger partial charge on any atom is -0.350 e. The van der Waals surface area contributed by atoms with Gasteiger partial charge in [-0.15, -0.1) is 11.8 Å². The van der Waals surface area contributed by atoms with Crippen LogP contribution in [0.2, 0.25) is 0 Å². The van der Waals surface area contributed by atoms with Gasteiger partial charge in [-0.1, -0.05) is 35.6 Å². The molecule has 0 saturated carbocycles. The predicted octanol–water partition coefficient (Wildman–Crippen LogP) is 2.92. The number of benzene rings is 2. The molecule has 0 bridgehead atoms. The highest BCUT2D eigenvalue weighted by molar-refractivity contribution is 8.00. The van der Waals surface area contributed by atoms with Crippen LogP contribution in [0.15, 0.2) is 42.5 Å². The summed E-state index contributed by atoms with van der Waals surface area (Å²) in [4.78, 5) is 30.2. The van der Waals surface area contributed by atoms with Gasteiger partial charge in [0.25, 0.3) is 0 Å². The minimum absolute atomic E-state index is 0.0990. The second-order valence-electron chi connectivity index (χ2n) is 7.13. The molecule has 2 aromatic carbocycles. The lowest BCUT2D eigenvalue weighted by Crippen LogP contribution is -2.51. The molecule has 4 rings (SSSR count). The average molecular weight is 445 g/mol. The van der Waals surface area contributed by atoms with Gasteiger partial charge in [-0.25, -0.2) is 9.37 Å². The zero-order valence-electron chi connectivity index (χ0n) is 16.4. The quantitative estimate of drug-likeness (QED) is 0.612. The number of carbonyl (C=O) groups excluding carboxylic acids is 2. The van der Waals surface area contributed by atoms with Gasteiger partial charge in [0, 0.05) is 25.9 Å². The number of rotatable bonds is 6. The molecule has 0 radical (unpaired) electrons. The molecule has 1 saturated heterocycles. The number of carbonyl (C=O) groups is 2. The number of aromatic nitrogens is 1. The Bertz CT molecular complexity index is 1070. The van der Waals surface area contributed by atoms with Crippen molar-refractivity contribution >= 4 is 50.3 Å². The monoisotopic (exact) mass is 444 g/mol. The molecule has 1 aromatic heterocycles. The van der Waals surface area contributed by atoms with Crippen LogP contribution in [0.4, 0.5) is 9.52 Å². The summed E-state index contributed by atoms with van der Waals surface area (Å²) >= 11 is 2.93. The molecular formula is C21H21FN4O2S2. The van der Waals surface area contributed by atoms with Crippen LogP contribution in [0, 0.1) is 5.82 Å². The van der Waals surface area contributed by atoms with Crippen LogP contribution >= 0.6 is 23.1 Å². The number of hydrogen-bond acceptors (Lipinski definition) is 6. The Morgan fingerprint density at radius 3 is 2.80 bits per heavy atom. The van der Waals surface area contributed by atoms with Crippen molar-refractivity contribution in [3.63, 3.8) is 0 Å². The second kappa shape index (κ2) is 9.01. The first-order valence-electron chi connectivity index (χ1n) is 9.48. The largest absolute Gasteiger partial charge is 0.350 e. The van der Waals surface area contributed by atoms with Crippen LogP contribution in [-0.4, -0.2) is 41.4 Å². The van der Waals surface area contributed by atoms with Gasteiger partial charge < -0.3 is 15.5 Å². The number of fused-ring (bicyclic) bond motifs is 1. The third-order valence-electron chi connectivity index (χ3n) is 4.74. The summed E-state index contributed by atoms with van der Waals surface area (Å²) in [5.74, 6) is 0.493. The predicted molar refractivity (Wildman–Crippen MR) is 119 cm³/mol. The Labute approximate surface area is 181 Å². The third-order valence-corrected chi connectivity index (χ3v) is 6.91. The Hall–Kier alpha value is -2.65. The van der Waals surface area contributed by atoms with Crippen LogP contribution in [0.5, 0.6) is 0 Å². The molecule has 1 aliphatic heterocycles. The molecule has 0 spiro atoms. The Kier molecular flexibility index (Phi) is 6.19. The molecule has 3 aromatic rings. The number of nitrogens with zero attached hydrogens (tertiary/aromatic N) is 2. The fourth-order valence-corrected chi connectivity index (χ4v) is 4.96. The van der Waals surface area contributed by atoms with Crippen molar-refractivity contribution in [3.05, 3.63) is 59.4 Å². The van der Waals surface area contributed by atoms with Crippen LogP contribution in [0.25, 0.3) is 10.2 Å². The zero-order chi connectivity index (χ0) is 21.1. The van der Waals surface area contributed by atoms with E-state index in [2.05, 4.69) is 15.6 Å². The summed E-state index contributed by atoms with van der Waals surface area (Å²) in [5.41, 5.74) is 2.89. The Morgan fingerprint density at radius 2 is 2.03 bits per heavy atom. The molecule has 2 amide bonds. The molecule has 156 valence electrons. The summed E-state index contributed by atoms with van der Waals surface area (Å²) in [6, 6.07) is 12.1. The van der Waals surface area contributed by atoms with E-state index >= 15 is 0 Å². The molecule has 6 nitrogen and oxygen atoms in total. The van der Waals surface area contributed by atoms with Crippen molar-refractivity contribution in [1.29, 1.82) is 0 Å². The van der Waals surface area contributed by atoms with E-state index in [-0.39, 0.29) is 17.6 Å². The number of halogens is 1. The van der Waals surface area contributed by atoms with E-state index in [0.29, 0.717) is 24.6 Å². The molecular weight excluding hydrogens is 423 g/mol. The molecule has 1 fully saturated rings. The van der Waals surface area contributed by atoms with Gasteiger partial charge in [-0.3, -0.25) is 9.59 Å². The second-order valence-corrected chi connectivity index (χ2v) is 9.17. The van der Waals surface area contributed by atoms with E-state index in [0.717, 1.165) is 26.5 Å². The van der Waals surface area contributed by atoms with Gasteiger partial charge in [-0.05, 0) is 29.3 Å². The summed E-state index contributed by atoms with van der Waals surface area (Å²) in [5, 5.41) is 6.42. The lowest BCUT2D eigenvalue weighted by Gasteiger charge is -2.22. The van der Waals surface area contributed by atoms with Crippen molar-refractivity contribution in [2.24, 2.45) is 0 Å². The smallest absolute Gasteiger partial charge is 0.243 e. The standard InChI is InChI=1S/C21H21FN4O2S2/c1-26(21-25-16-7-6-15(22)8-18(16)30-21)10-14-4-2-13(3-5-14)9-23-20(28)17-11-29-12-19(27)24-17/h2-8,17H,9-12H2,1H3,(H,23,28)(H,24,27)/t17-/m0/s1. The van der Waals surface area contributed by atoms with Gasteiger partial charge in [0.05, 0.1) is 16.0 Å². The molecule has 2 N–H and O–H groups in total. The van der Waals surface area contributed by atoms with Crippen molar-refractivity contribution in [2.45, 2.75) is 19.1 Å². The number of anilines is 1. The lowest BCUT2D eigenvalue weighted by atomic mass is 10.1. The maximum atomic E-state index is 13.4. The van der Waals surface area contributed by atoms with Crippen molar-refractivity contribution < 1.29 is 14.0 Å². The summed E-state index contributed by atoms with van der Waals surface area (Å²) in [6.45, 7) is 1.08. The molecule has 0 unspecified atom stereocenters. The number of thioether (sulfide) groups is 1. The van der Waals surface area contributed by atoms with Gasteiger partial charge >= 0.3 is 0 Å². The summed E-state index contributed by atoms with van der Waals surface area (Å²) in [6.07, 6.45) is 0. The van der Waals surface area contributed by atoms with Gasteiger partial charge in [0.2, 0.25) is 11.8 Å². The van der Waals surface area contributed by atoms with Crippen molar-refractivity contribution in [1.82, 2.24) is 15.6 Å². The number of thiazole rings is 1. The fraction of sp³-hybridized carbons (Fsp3) is 0.286. The first-order valence-corrected chi connectivity index (χ1v) is 11.4.